The highest BCUT2D eigenvalue weighted by molar-refractivity contribution is 5.72. The van der Waals surface area contributed by atoms with Gasteiger partial charge in [-0.2, -0.15) is 0 Å². The van der Waals surface area contributed by atoms with Crippen molar-refractivity contribution in [3.8, 4) is 11.3 Å². The first kappa shape index (κ1) is 22.9. The minimum absolute atomic E-state index is 0.188. The lowest BCUT2D eigenvalue weighted by atomic mass is 9.78. The van der Waals surface area contributed by atoms with Gasteiger partial charge in [-0.15, -0.1) is 0 Å². The Morgan fingerprint density at radius 2 is 1.71 bits per heavy atom. The molecule has 0 bridgehead atoms. The number of fused-ring (bicyclic) bond motifs is 3. The third kappa shape index (κ3) is 4.70. The molecule has 2 aliphatic rings. The van der Waals surface area contributed by atoms with E-state index in [9.17, 15) is 4.39 Å². The predicted molar refractivity (Wildman–Crippen MR) is 136 cm³/mol. The maximum Gasteiger partial charge on any atom is 0.225 e. The summed E-state index contributed by atoms with van der Waals surface area (Å²) >= 11 is 0. The molecular formula is C28H34FN5. The van der Waals surface area contributed by atoms with Gasteiger partial charge in [-0.3, -0.25) is 4.90 Å². The van der Waals surface area contributed by atoms with Crippen LogP contribution in [0.5, 0.6) is 0 Å². The van der Waals surface area contributed by atoms with Crippen molar-refractivity contribution in [3.63, 3.8) is 0 Å². The maximum absolute atomic E-state index is 13.5. The molecule has 6 heteroatoms. The Labute approximate surface area is 202 Å². The smallest absolute Gasteiger partial charge is 0.225 e. The van der Waals surface area contributed by atoms with Gasteiger partial charge in [0.05, 0.1) is 5.69 Å². The van der Waals surface area contributed by atoms with E-state index >= 15 is 0 Å². The lowest BCUT2D eigenvalue weighted by molar-refractivity contribution is 0.205. The average Bonchev–Trinajstić information content (AvgIpc) is 2.89. The van der Waals surface area contributed by atoms with Crippen molar-refractivity contribution in [2.75, 3.05) is 57.3 Å². The van der Waals surface area contributed by atoms with Crippen molar-refractivity contribution in [1.82, 2.24) is 19.8 Å². The molecule has 0 spiro atoms. The molecule has 0 saturated carbocycles. The van der Waals surface area contributed by atoms with E-state index in [0.717, 1.165) is 81.5 Å². The van der Waals surface area contributed by atoms with Crippen LogP contribution in [0.3, 0.4) is 0 Å². The lowest BCUT2D eigenvalue weighted by Gasteiger charge is -2.36. The van der Waals surface area contributed by atoms with E-state index in [2.05, 4.69) is 52.8 Å². The van der Waals surface area contributed by atoms with Gasteiger partial charge < -0.3 is 9.80 Å². The molecule has 0 N–H and O–H groups in total. The summed E-state index contributed by atoms with van der Waals surface area (Å²) in [5.74, 6) is 0.819. The molecule has 1 aliphatic carbocycles. The van der Waals surface area contributed by atoms with Crippen molar-refractivity contribution >= 4 is 5.95 Å². The van der Waals surface area contributed by atoms with Crippen molar-refractivity contribution in [2.45, 2.75) is 26.2 Å². The fourth-order valence-electron chi connectivity index (χ4n) is 5.27. The van der Waals surface area contributed by atoms with E-state index in [1.807, 2.05) is 18.3 Å². The largest absolute Gasteiger partial charge is 0.338 e. The third-order valence-electron chi connectivity index (χ3n) is 7.42. The highest BCUT2D eigenvalue weighted by Crippen LogP contribution is 2.42. The highest BCUT2D eigenvalue weighted by atomic mass is 19.1. The number of piperazine rings is 1. The Kier molecular flexibility index (Phi) is 6.88. The van der Waals surface area contributed by atoms with Crippen LogP contribution >= 0.6 is 0 Å². The van der Waals surface area contributed by atoms with Crippen molar-refractivity contribution in [3.05, 3.63) is 77.2 Å². The van der Waals surface area contributed by atoms with Crippen LogP contribution < -0.4 is 4.90 Å². The van der Waals surface area contributed by atoms with E-state index in [1.165, 1.54) is 11.1 Å². The summed E-state index contributed by atoms with van der Waals surface area (Å²) in [7, 11) is 0. The summed E-state index contributed by atoms with van der Waals surface area (Å²) in [6.07, 6.45) is 2.84. The zero-order valence-electron chi connectivity index (χ0n) is 20.3. The number of nitrogens with zero attached hydrogens (tertiary/aromatic N) is 5. The first-order valence-corrected chi connectivity index (χ1v) is 12.6. The maximum atomic E-state index is 13.5. The molecule has 0 radical (unpaired) electrons. The molecule has 5 rings (SSSR count). The van der Waals surface area contributed by atoms with E-state index < -0.39 is 0 Å². The molecule has 2 aromatic carbocycles. The van der Waals surface area contributed by atoms with Gasteiger partial charge in [0.2, 0.25) is 5.95 Å². The zero-order valence-corrected chi connectivity index (χ0v) is 20.3. The number of hydrogen-bond acceptors (Lipinski definition) is 5. The Bertz CT molecular complexity index is 1100. The average molecular weight is 460 g/mol. The fraction of sp³-hybridized carbons (Fsp3) is 0.429. The van der Waals surface area contributed by atoms with Crippen LogP contribution in [0.15, 0.2) is 54.7 Å². The number of rotatable bonds is 7. The highest BCUT2D eigenvalue weighted by Gasteiger charge is 2.28. The molecule has 2 heterocycles. The molecular weight excluding hydrogens is 425 g/mol. The van der Waals surface area contributed by atoms with Crippen LogP contribution in [-0.2, 0) is 6.42 Å². The fourth-order valence-corrected chi connectivity index (χ4v) is 5.27. The van der Waals surface area contributed by atoms with Gasteiger partial charge in [-0.25, -0.2) is 14.4 Å². The molecule has 1 unspecified atom stereocenters. The van der Waals surface area contributed by atoms with Gasteiger partial charge >= 0.3 is 0 Å². The van der Waals surface area contributed by atoms with Gasteiger partial charge in [0.15, 0.2) is 0 Å². The zero-order chi connectivity index (χ0) is 23.5. The van der Waals surface area contributed by atoms with E-state index in [1.54, 1.807) is 12.1 Å². The number of benzene rings is 2. The van der Waals surface area contributed by atoms with E-state index in [0.29, 0.717) is 0 Å². The number of hydrogen-bond donors (Lipinski definition) is 0. The van der Waals surface area contributed by atoms with E-state index in [4.69, 9.17) is 9.97 Å². The first-order chi connectivity index (χ1) is 16.7. The molecule has 1 aromatic heterocycles. The van der Waals surface area contributed by atoms with Crippen LogP contribution in [-0.4, -0.2) is 72.1 Å². The quantitative estimate of drug-likeness (QED) is 0.522. The Hall–Kier alpha value is -2.83. The summed E-state index contributed by atoms with van der Waals surface area (Å²) in [6.45, 7) is 13.0. The Morgan fingerprint density at radius 3 is 2.44 bits per heavy atom. The topological polar surface area (TPSA) is 35.5 Å². The summed E-state index contributed by atoms with van der Waals surface area (Å²) in [5.41, 5.74) is 5.76. The second-order valence-corrected chi connectivity index (χ2v) is 9.29. The minimum Gasteiger partial charge on any atom is -0.338 e. The molecule has 1 atom stereocenters. The molecule has 3 aromatic rings. The Balaban J connectivity index is 1.33. The van der Waals surface area contributed by atoms with Crippen LogP contribution in [0, 0.1) is 5.82 Å². The second-order valence-electron chi connectivity index (χ2n) is 9.29. The van der Waals surface area contributed by atoms with Gasteiger partial charge in [0.25, 0.3) is 0 Å². The molecule has 178 valence electrons. The summed E-state index contributed by atoms with van der Waals surface area (Å²) in [4.78, 5) is 17.2. The minimum atomic E-state index is -0.200. The molecule has 34 heavy (non-hydrogen) atoms. The van der Waals surface area contributed by atoms with Crippen LogP contribution in [0.4, 0.5) is 10.3 Å². The first-order valence-electron chi connectivity index (χ1n) is 12.6. The number of likely N-dealkylation sites (N-methyl/N-ethyl adjacent to an activating group) is 1. The second kappa shape index (κ2) is 10.2. The van der Waals surface area contributed by atoms with Gasteiger partial charge in [-0.1, -0.05) is 50.2 Å². The monoisotopic (exact) mass is 459 g/mol. The van der Waals surface area contributed by atoms with Gasteiger partial charge in [0, 0.05) is 56.9 Å². The SMILES string of the molecule is CCN(CC)CCN1CCN(c2ncc3c(n2)-c2ccccc2C(c2ccc(F)cc2)C3)CC1. The Morgan fingerprint density at radius 1 is 0.971 bits per heavy atom. The molecule has 1 saturated heterocycles. The third-order valence-corrected chi connectivity index (χ3v) is 7.42. The van der Waals surface area contributed by atoms with Crippen molar-refractivity contribution in [1.29, 1.82) is 0 Å². The molecule has 0 amide bonds. The molecule has 1 fully saturated rings. The summed E-state index contributed by atoms with van der Waals surface area (Å²) in [5, 5.41) is 0. The summed E-state index contributed by atoms with van der Waals surface area (Å²) in [6, 6.07) is 15.4. The normalized spacial score (nSPS) is 18.1. The van der Waals surface area contributed by atoms with Crippen LogP contribution in [0.1, 0.15) is 36.5 Å². The number of halogens is 1. The lowest BCUT2D eigenvalue weighted by Crippen LogP contribution is -2.49. The van der Waals surface area contributed by atoms with Crippen molar-refractivity contribution in [2.24, 2.45) is 0 Å². The molecule has 5 nitrogen and oxygen atoms in total. The standard InChI is InChI=1S/C28H34FN5/c1-3-32(4-2)13-14-33-15-17-34(18-16-33)28-30-20-22-19-26(21-9-11-23(29)12-10-21)24-7-5-6-8-25(24)27(22)31-28/h5-12,20,26H,3-4,13-19H2,1-2H3. The molecule has 1 aliphatic heterocycles. The van der Waals surface area contributed by atoms with Crippen LogP contribution in [0.2, 0.25) is 0 Å². The van der Waals surface area contributed by atoms with Gasteiger partial charge in [-0.05, 0) is 48.3 Å². The number of aromatic nitrogens is 2. The predicted octanol–water partition coefficient (Wildman–Crippen LogP) is 4.43. The number of anilines is 1. The van der Waals surface area contributed by atoms with Crippen LogP contribution in [0.25, 0.3) is 11.3 Å². The summed E-state index contributed by atoms with van der Waals surface area (Å²) < 4.78 is 13.5. The van der Waals surface area contributed by atoms with E-state index in [-0.39, 0.29) is 11.7 Å². The van der Waals surface area contributed by atoms with Crippen molar-refractivity contribution < 1.29 is 4.39 Å². The van der Waals surface area contributed by atoms with Gasteiger partial charge in [0.1, 0.15) is 5.82 Å².